The maximum atomic E-state index is 13.3. The minimum Gasteiger partial charge on any atom is -0.478 e. The first kappa shape index (κ1) is 26.0. The van der Waals surface area contributed by atoms with Crippen LogP contribution in [0.25, 0.3) is 0 Å². The molecule has 0 rings (SSSR count). The third-order valence-electron chi connectivity index (χ3n) is 4.84. The van der Waals surface area contributed by atoms with E-state index in [1.165, 1.54) is 11.8 Å². The fourth-order valence-electron chi connectivity index (χ4n) is 2.65. The quantitative estimate of drug-likeness (QED) is 0.606. The Morgan fingerprint density at radius 3 is 2.00 bits per heavy atom. The van der Waals surface area contributed by atoms with Crippen molar-refractivity contribution in [3.05, 3.63) is 11.6 Å². The van der Waals surface area contributed by atoms with Crippen molar-refractivity contribution in [2.75, 3.05) is 7.05 Å². The molecule has 0 aliphatic rings. The molecular weight excluding hydrogens is 360 g/mol. The molecule has 0 saturated carbocycles. The first-order valence-corrected chi connectivity index (χ1v) is 9.71. The van der Waals surface area contributed by atoms with Gasteiger partial charge in [0.05, 0.1) is 6.04 Å². The standard InChI is InChI=1S/C21H38N2O5/c1-11-21(8,9)16(22-19(27)28-20(5,6)7)17(24)23(10)15(13(2)3)12-14(4)18(25)26/h12-13,15-16H,11H2,1-10H3,(H,22,27)(H,25,26)/b14-12+/t15-,16?/m1/s1. The molecule has 0 aliphatic carbocycles. The highest BCUT2D eigenvalue weighted by molar-refractivity contribution is 5.88. The van der Waals surface area contributed by atoms with Gasteiger partial charge in [-0.15, -0.1) is 0 Å². The lowest BCUT2D eigenvalue weighted by Gasteiger charge is -2.38. The number of alkyl carbamates (subject to hydrolysis) is 1. The number of aliphatic carboxylic acids is 1. The number of hydrogen-bond acceptors (Lipinski definition) is 4. The molecule has 2 atom stereocenters. The average Bonchev–Trinajstić information content (AvgIpc) is 2.53. The summed E-state index contributed by atoms with van der Waals surface area (Å²) in [4.78, 5) is 38.4. The second-order valence-electron chi connectivity index (χ2n) is 9.26. The van der Waals surface area contributed by atoms with Crippen LogP contribution < -0.4 is 5.32 Å². The molecule has 0 radical (unpaired) electrons. The lowest BCUT2D eigenvalue weighted by Crippen LogP contribution is -2.57. The van der Waals surface area contributed by atoms with Crippen LogP contribution in [0.4, 0.5) is 4.79 Å². The van der Waals surface area contributed by atoms with Crippen LogP contribution in [0.5, 0.6) is 0 Å². The zero-order chi connectivity index (χ0) is 22.4. The minimum atomic E-state index is -1.02. The van der Waals surface area contributed by atoms with Crippen LogP contribution in [0.3, 0.4) is 0 Å². The summed E-state index contributed by atoms with van der Waals surface area (Å²) < 4.78 is 5.33. The van der Waals surface area contributed by atoms with E-state index < -0.39 is 35.2 Å². The molecule has 0 aliphatic heterocycles. The summed E-state index contributed by atoms with van der Waals surface area (Å²) in [5.74, 6) is -1.31. The van der Waals surface area contributed by atoms with Gasteiger partial charge in [-0.1, -0.05) is 40.7 Å². The van der Waals surface area contributed by atoms with Crippen LogP contribution in [0.2, 0.25) is 0 Å². The fraction of sp³-hybridized carbons (Fsp3) is 0.762. The van der Waals surface area contributed by atoms with E-state index in [-0.39, 0.29) is 17.4 Å². The summed E-state index contributed by atoms with van der Waals surface area (Å²) in [6.45, 7) is 16.4. The minimum absolute atomic E-state index is 0.00448. The smallest absolute Gasteiger partial charge is 0.408 e. The lowest BCUT2D eigenvalue weighted by atomic mass is 9.80. The lowest BCUT2D eigenvalue weighted by molar-refractivity contribution is -0.137. The van der Waals surface area contributed by atoms with Gasteiger partial charge in [-0.2, -0.15) is 0 Å². The summed E-state index contributed by atoms with van der Waals surface area (Å²) in [6, 6.07) is -1.23. The molecule has 28 heavy (non-hydrogen) atoms. The molecule has 0 aromatic heterocycles. The Bertz CT molecular complexity index is 602. The Balaban J connectivity index is 5.82. The maximum absolute atomic E-state index is 13.3. The van der Waals surface area contributed by atoms with Gasteiger partial charge >= 0.3 is 12.1 Å². The van der Waals surface area contributed by atoms with E-state index in [0.717, 1.165) is 0 Å². The molecule has 7 heteroatoms. The van der Waals surface area contributed by atoms with E-state index in [1.807, 2.05) is 34.6 Å². The van der Waals surface area contributed by atoms with Crippen LogP contribution in [-0.2, 0) is 14.3 Å². The van der Waals surface area contributed by atoms with Crippen molar-refractivity contribution in [2.24, 2.45) is 11.3 Å². The van der Waals surface area contributed by atoms with Gasteiger partial charge in [-0.25, -0.2) is 9.59 Å². The molecule has 0 saturated heterocycles. The zero-order valence-electron chi connectivity index (χ0n) is 19.0. The van der Waals surface area contributed by atoms with Gasteiger partial charge in [-0.3, -0.25) is 4.79 Å². The van der Waals surface area contributed by atoms with Crippen molar-refractivity contribution < 1.29 is 24.2 Å². The molecular formula is C21H38N2O5. The van der Waals surface area contributed by atoms with Gasteiger partial charge in [0, 0.05) is 12.6 Å². The number of hydrogen-bond donors (Lipinski definition) is 2. The largest absolute Gasteiger partial charge is 0.478 e. The third kappa shape index (κ3) is 7.90. The number of carboxylic acid groups (broad SMARTS) is 1. The van der Waals surface area contributed by atoms with Gasteiger partial charge in [-0.05, 0) is 45.4 Å². The Morgan fingerprint density at radius 1 is 1.14 bits per heavy atom. The van der Waals surface area contributed by atoms with Crippen LogP contribution in [0.1, 0.15) is 68.7 Å². The van der Waals surface area contributed by atoms with E-state index in [0.29, 0.717) is 6.42 Å². The highest BCUT2D eigenvalue weighted by atomic mass is 16.6. The Morgan fingerprint density at radius 2 is 1.64 bits per heavy atom. The monoisotopic (exact) mass is 398 g/mol. The van der Waals surface area contributed by atoms with Crippen LogP contribution >= 0.6 is 0 Å². The first-order valence-electron chi connectivity index (χ1n) is 9.71. The van der Waals surface area contributed by atoms with E-state index >= 15 is 0 Å². The highest BCUT2D eigenvalue weighted by Crippen LogP contribution is 2.28. The molecule has 2 N–H and O–H groups in total. The molecule has 0 spiro atoms. The number of carboxylic acids is 1. The number of amides is 2. The maximum Gasteiger partial charge on any atom is 0.408 e. The number of carbonyl (C=O) groups is 3. The van der Waals surface area contributed by atoms with Crippen LogP contribution in [0.15, 0.2) is 11.6 Å². The van der Waals surface area contributed by atoms with Crippen LogP contribution in [0, 0.1) is 11.3 Å². The first-order chi connectivity index (χ1) is 12.5. The number of nitrogens with zero attached hydrogens (tertiary/aromatic N) is 1. The summed E-state index contributed by atoms with van der Waals surface area (Å²) in [7, 11) is 1.63. The van der Waals surface area contributed by atoms with Gasteiger partial charge in [0.1, 0.15) is 11.6 Å². The Labute approximate surface area is 169 Å². The van der Waals surface area contributed by atoms with Gasteiger partial charge in [0.25, 0.3) is 0 Å². The predicted molar refractivity (Wildman–Crippen MR) is 110 cm³/mol. The van der Waals surface area contributed by atoms with Crippen molar-refractivity contribution in [3.8, 4) is 0 Å². The van der Waals surface area contributed by atoms with Gasteiger partial charge < -0.3 is 20.1 Å². The third-order valence-corrected chi connectivity index (χ3v) is 4.84. The number of carbonyl (C=O) groups excluding carboxylic acids is 2. The molecule has 162 valence electrons. The molecule has 0 aromatic carbocycles. The van der Waals surface area contributed by atoms with Gasteiger partial charge in [0.2, 0.25) is 5.91 Å². The second-order valence-corrected chi connectivity index (χ2v) is 9.26. The topological polar surface area (TPSA) is 95.9 Å². The zero-order valence-corrected chi connectivity index (χ0v) is 19.0. The number of ether oxygens (including phenoxy) is 1. The summed E-state index contributed by atoms with van der Waals surface area (Å²) in [5, 5.41) is 11.9. The molecule has 1 unspecified atom stereocenters. The average molecular weight is 399 g/mol. The van der Waals surface area contributed by atoms with E-state index in [1.54, 1.807) is 33.9 Å². The predicted octanol–water partition coefficient (Wildman–Crippen LogP) is 3.83. The molecule has 2 amide bonds. The van der Waals surface area contributed by atoms with Gasteiger partial charge in [0.15, 0.2) is 0 Å². The molecule has 7 nitrogen and oxygen atoms in total. The SMILES string of the molecule is CCC(C)(C)C(NC(=O)OC(C)(C)C)C(=O)N(C)[C@H](/C=C(\C)C(=O)O)C(C)C. The van der Waals surface area contributed by atoms with Crippen molar-refractivity contribution in [3.63, 3.8) is 0 Å². The van der Waals surface area contributed by atoms with Crippen molar-refractivity contribution in [2.45, 2.75) is 86.4 Å². The number of rotatable bonds is 8. The van der Waals surface area contributed by atoms with E-state index in [4.69, 9.17) is 4.74 Å². The van der Waals surface area contributed by atoms with E-state index in [9.17, 15) is 19.5 Å². The highest BCUT2D eigenvalue weighted by Gasteiger charge is 2.39. The summed E-state index contributed by atoms with van der Waals surface area (Å²) >= 11 is 0. The molecule has 0 bridgehead atoms. The Hall–Kier alpha value is -2.05. The number of likely N-dealkylation sites (N-methyl/N-ethyl adjacent to an activating group) is 1. The van der Waals surface area contributed by atoms with Crippen molar-refractivity contribution in [1.82, 2.24) is 10.2 Å². The summed E-state index contributed by atoms with van der Waals surface area (Å²) in [6.07, 6.45) is 1.58. The molecule has 0 heterocycles. The normalized spacial score (nSPS) is 15.0. The summed E-state index contributed by atoms with van der Waals surface area (Å²) in [5.41, 5.74) is -1.03. The van der Waals surface area contributed by atoms with E-state index in [2.05, 4.69) is 5.32 Å². The van der Waals surface area contributed by atoms with Crippen molar-refractivity contribution in [1.29, 1.82) is 0 Å². The Kier molecular flexibility index (Phi) is 9.21. The molecule has 0 aromatic rings. The second kappa shape index (κ2) is 9.94. The fourth-order valence-corrected chi connectivity index (χ4v) is 2.65. The molecule has 0 fully saturated rings. The van der Waals surface area contributed by atoms with Crippen LogP contribution in [-0.4, -0.2) is 52.7 Å². The van der Waals surface area contributed by atoms with Crippen molar-refractivity contribution >= 4 is 18.0 Å². The number of nitrogens with one attached hydrogen (secondary N) is 1.